The summed E-state index contributed by atoms with van der Waals surface area (Å²) in [6.07, 6.45) is 1.29. The molecule has 0 radical (unpaired) electrons. The maximum Gasteiger partial charge on any atom is 0.0644 e. The predicted octanol–water partition coefficient (Wildman–Crippen LogP) is 1.40. The summed E-state index contributed by atoms with van der Waals surface area (Å²) in [6, 6.07) is 7.59. The molecule has 0 aromatic heterocycles. The van der Waals surface area contributed by atoms with Crippen molar-refractivity contribution in [2.24, 2.45) is 0 Å². The Morgan fingerprint density at radius 1 is 1.29 bits per heavy atom. The Kier molecular flexibility index (Phi) is 1.95. The zero-order valence-electron chi connectivity index (χ0n) is 10.3. The van der Waals surface area contributed by atoms with Gasteiger partial charge in [-0.1, -0.05) is 12.1 Å². The molecule has 0 spiro atoms. The number of para-hydroxylation sites is 1. The number of benzene rings is 1. The van der Waals surface area contributed by atoms with E-state index < -0.39 is 0 Å². The second-order valence-electron chi connectivity index (χ2n) is 5.50. The van der Waals surface area contributed by atoms with E-state index >= 15 is 0 Å². The van der Waals surface area contributed by atoms with Crippen molar-refractivity contribution in [1.29, 1.82) is 0 Å². The van der Waals surface area contributed by atoms with Crippen LogP contribution in [-0.4, -0.2) is 39.3 Å². The van der Waals surface area contributed by atoms with Gasteiger partial charge in [-0.3, -0.25) is 0 Å². The van der Waals surface area contributed by atoms with E-state index in [4.69, 9.17) is 0 Å². The Bertz CT molecular complexity index is 457. The van der Waals surface area contributed by atoms with E-state index in [1.807, 2.05) is 0 Å². The van der Waals surface area contributed by atoms with Gasteiger partial charge in [0.05, 0.1) is 11.4 Å². The van der Waals surface area contributed by atoms with Gasteiger partial charge < -0.3 is 15.1 Å². The van der Waals surface area contributed by atoms with Crippen LogP contribution in [0, 0.1) is 0 Å². The first kappa shape index (κ1) is 9.77. The normalized spacial score (nSPS) is 30.2. The quantitative estimate of drug-likeness (QED) is 0.725. The van der Waals surface area contributed by atoms with Crippen molar-refractivity contribution in [2.45, 2.75) is 18.4 Å². The zero-order valence-corrected chi connectivity index (χ0v) is 10.3. The minimum atomic E-state index is 0.713. The maximum atomic E-state index is 3.55. The number of anilines is 2. The summed E-state index contributed by atoms with van der Waals surface area (Å²) < 4.78 is 0. The van der Waals surface area contributed by atoms with Gasteiger partial charge in [0.15, 0.2) is 0 Å². The van der Waals surface area contributed by atoms with Crippen LogP contribution in [0.5, 0.6) is 0 Å². The number of rotatable bonds is 0. The number of piperidine rings is 1. The molecule has 17 heavy (non-hydrogen) atoms. The number of nitrogens with zero attached hydrogens (tertiary/aromatic N) is 2. The highest BCUT2D eigenvalue weighted by Gasteiger charge is 2.42. The lowest BCUT2D eigenvalue weighted by Gasteiger charge is -2.39. The standard InChI is InChI=1S/C14H19N3/c1-16-7-8-17-12-5-6-15-9-11(12)10-3-2-4-13(16)14(10)17/h2-4,11-12,15H,5-9H2,1H3. The van der Waals surface area contributed by atoms with E-state index in [1.54, 1.807) is 5.56 Å². The molecule has 2 unspecified atom stereocenters. The lowest BCUT2D eigenvalue weighted by Crippen LogP contribution is -2.48. The minimum absolute atomic E-state index is 0.713. The van der Waals surface area contributed by atoms with Gasteiger partial charge in [0.2, 0.25) is 0 Å². The molecule has 3 nitrogen and oxygen atoms in total. The summed E-state index contributed by atoms with van der Waals surface area (Å²) in [5, 5.41) is 3.55. The van der Waals surface area contributed by atoms with Crippen molar-refractivity contribution in [3.8, 4) is 0 Å². The summed E-state index contributed by atoms with van der Waals surface area (Å²) in [4.78, 5) is 5.08. The summed E-state index contributed by atoms with van der Waals surface area (Å²) >= 11 is 0. The van der Waals surface area contributed by atoms with Crippen molar-refractivity contribution in [1.82, 2.24) is 5.32 Å². The fourth-order valence-corrected chi connectivity index (χ4v) is 3.83. The molecule has 0 bridgehead atoms. The van der Waals surface area contributed by atoms with Gasteiger partial charge in [-0.2, -0.15) is 0 Å². The lowest BCUT2D eigenvalue weighted by atomic mass is 9.90. The van der Waals surface area contributed by atoms with Gasteiger partial charge >= 0.3 is 0 Å². The minimum Gasteiger partial charge on any atom is -0.371 e. The summed E-state index contributed by atoms with van der Waals surface area (Å²) in [7, 11) is 2.22. The number of likely N-dealkylation sites (N-methyl/N-ethyl adjacent to an activating group) is 1. The van der Waals surface area contributed by atoms with Gasteiger partial charge in [-0.25, -0.2) is 0 Å². The van der Waals surface area contributed by atoms with Crippen LogP contribution in [0.2, 0.25) is 0 Å². The van der Waals surface area contributed by atoms with E-state index in [9.17, 15) is 0 Å². The fourth-order valence-electron chi connectivity index (χ4n) is 3.83. The molecule has 3 aliphatic rings. The Morgan fingerprint density at radius 2 is 2.24 bits per heavy atom. The molecular formula is C14H19N3. The summed E-state index contributed by atoms with van der Waals surface area (Å²) in [5.74, 6) is 0.713. The largest absolute Gasteiger partial charge is 0.371 e. The molecule has 3 heterocycles. The van der Waals surface area contributed by atoms with Gasteiger partial charge in [-0.15, -0.1) is 0 Å². The number of hydrogen-bond acceptors (Lipinski definition) is 3. The van der Waals surface area contributed by atoms with Gasteiger partial charge in [-0.05, 0) is 24.6 Å². The van der Waals surface area contributed by atoms with Crippen LogP contribution in [0.3, 0.4) is 0 Å². The Labute approximate surface area is 102 Å². The van der Waals surface area contributed by atoms with Gasteiger partial charge in [0, 0.05) is 38.6 Å². The molecule has 3 aliphatic heterocycles. The molecule has 1 saturated heterocycles. The number of fused-ring (bicyclic) bond motifs is 3. The second kappa shape index (κ2) is 3.39. The molecule has 1 aromatic rings. The Morgan fingerprint density at radius 3 is 3.18 bits per heavy atom. The van der Waals surface area contributed by atoms with E-state index in [0.717, 1.165) is 19.1 Å². The Hall–Kier alpha value is -1.22. The number of nitrogens with one attached hydrogen (secondary N) is 1. The molecule has 0 saturated carbocycles. The summed E-state index contributed by atoms with van der Waals surface area (Å²) in [5.41, 5.74) is 4.54. The lowest BCUT2D eigenvalue weighted by molar-refractivity contribution is 0.402. The van der Waals surface area contributed by atoms with Crippen LogP contribution in [0.4, 0.5) is 11.4 Å². The third kappa shape index (κ3) is 1.20. The van der Waals surface area contributed by atoms with E-state index in [2.05, 4.69) is 40.4 Å². The third-order valence-electron chi connectivity index (χ3n) is 4.67. The molecule has 1 aromatic carbocycles. The topological polar surface area (TPSA) is 18.5 Å². The SMILES string of the molecule is CN1CCN2c3c(cccc31)C1CNCCC12. The zero-order chi connectivity index (χ0) is 11.4. The predicted molar refractivity (Wildman–Crippen MR) is 71.1 cm³/mol. The first-order valence-electron chi connectivity index (χ1n) is 6.67. The highest BCUT2D eigenvalue weighted by Crippen LogP contribution is 2.49. The van der Waals surface area contributed by atoms with Crippen molar-refractivity contribution in [3.05, 3.63) is 23.8 Å². The molecular weight excluding hydrogens is 210 g/mol. The molecule has 4 rings (SSSR count). The van der Waals surface area contributed by atoms with Gasteiger partial charge in [0.1, 0.15) is 0 Å². The monoisotopic (exact) mass is 229 g/mol. The fraction of sp³-hybridized carbons (Fsp3) is 0.571. The van der Waals surface area contributed by atoms with E-state index in [1.165, 1.54) is 30.9 Å². The van der Waals surface area contributed by atoms with Crippen molar-refractivity contribution >= 4 is 11.4 Å². The van der Waals surface area contributed by atoms with Crippen LogP contribution < -0.4 is 15.1 Å². The molecule has 90 valence electrons. The van der Waals surface area contributed by atoms with Crippen LogP contribution in [-0.2, 0) is 0 Å². The third-order valence-corrected chi connectivity index (χ3v) is 4.67. The molecule has 1 fully saturated rings. The summed E-state index contributed by atoms with van der Waals surface area (Å²) in [6.45, 7) is 4.69. The highest BCUT2D eigenvalue weighted by molar-refractivity contribution is 5.80. The molecule has 3 heteroatoms. The van der Waals surface area contributed by atoms with Crippen LogP contribution >= 0.6 is 0 Å². The molecule has 0 aliphatic carbocycles. The molecule has 2 atom stereocenters. The van der Waals surface area contributed by atoms with Crippen LogP contribution in [0.15, 0.2) is 18.2 Å². The Balaban J connectivity index is 1.89. The number of hydrogen-bond donors (Lipinski definition) is 1. The van der Waals surface area contributed by atoms with Crippen LogP contribution in [0.1, 0.15) is 17.9 Å². The maximum absolute atomic E-state index is 3.55. The van der Waals surface area contributed by atoms with E-state index in [0.29, 0.717) is 5.92 Å². The average molecular weight is 229 g/mol. The highest BCUT2D eigenvalue weighted by atomic mass is 15.3. The average Bonchev–Trinajstić information content (AvgIpc) is 2.70. The van der Waals surface area contributed by atoms with Crippen molar-refractivity contribution in [3.63, 3.8) is 0 Å². The smallest absolute Gasteiger partial charge is 0.0644 e. The van der Waals surface area contributed by atoms with Crippen molar-refractivity contribution < 1.29 is 0 Å². The second-order valence-corrected chi connectivity index (χ2v) is 5.50. The first-order chi connectivity index (χ1) is 8.36. The van der Waals surface area contributed by atoms with Crippen molar-refractivity contribution in [2.75, 3.05) is 43.0 Å². The van der Waals surface area contributed by atoms with Crippen LogP contribution in [0.25, 0.3) is 0 Å². The molecule has 1 N–H and O–H groups in total. The molecule has 0 amide bonds. The first-order valence-corrected chi connectivity index (χ1v) is 6.67. The van der Waals surface area contributed by atoms with Gasteiger partial charge in [0.25, 0.3) is 0 Å². The van der Waals surface area contributed by atoms with E-state index in [-0.39, 0.29) is 0 Å².